The van der Waals surface area contributed by atoms with E-state index in [-0.39, 0.29) is 29.5 Å². The van der Waals surface area contributed by atoms with E-state index < -0.39 is 0 Å². The van der Waals surface area contributed by atoms with Gasteiger partial charge in [0.15, 0.2) is 0 Å². The maximum absolute atomic E-state index is 13.5. The number of hydrogen-bond donors (Lipinski definition) is 2. The van der Waals surface area contributed by atoms with Gasteiger partial charge in [-0.15, -0.1) is 0 Å². The van der Waals surface area contributed by atoms with Crippen LogP contribution in [0.5, 0.6) is 0 Å². The van der Waals surface area contributed by atoms with Crippen molar-refractivity contribution in [2.45, 2.75) is 64.0 Å². The van der Waals surface area contributed by atoms with Crippen LogP contribution < -0.4 is 10.2 Å². The first-order chi connectivity index (χ1) is 16.9. The summed E-state index contributed by atoms with van der Waals surface area (Å²) in [5.74, 6) is 1.39. The van der Waals surface area contributed by atoms with Crippen LogP contribution in [-0.4, -0.2) is 78.3 Å². The molecule has 2 heterocycles. The zero-order valence-electron chi connectivity index (χ0n) is 21.0. The van der Waals surface area contributed by atoms with Crippen LogP contribution in [-0.2, 0) is 4.79 Å². The molecule has 2 saturated heterocycles. The van der Waals surface area contributed by atoms with Crippen molar-refractivity contribution in [3.63, 3.8) is 0 Å². The number of amides is 3. The molecule has 0 radical (unpaired) electrons. The van der Waals surface area contributed by atoms with Gasteiger partial charge in [0.1, 0.15) is 0 Å². The summed E-state index contributed by atoms with van der Waals surface area (Å²) in [4.78, 5) is 33.2. The van der Waals surface area contributed by atoms with Crippen LogP contribution in [0.25, 0.3) is 0 Å². The van der Waals surface area contributed by atoms with E-state index in [0.29, 0.717) is 24.3 Å². The number of nitrogens with zero attached hydrogens (tertiary/aromatic N) is 3. The van der Waals surface area contributed by atoms with E-state index in [1.807, 2.05) is 9.80 Å². The van der Waals surface area contributed by atoms with Gasteiger partial charge in [-0.05, 0) is 87.3 Å². The number of hydrogen-bond acceptors (Lipinski definition) is 4. The largest absolute Gasteiger partial charge is 0.393 e. The Hall–Kier alpha value is -2.28. The predicted octanol–water partition coefficient (Wildman–Crippen LogP) is 3.00. The van der Waals surface area contributed by atoms with Gasteiger partial charge in [-0.25, -0.2) is 4.79 Å². The quantitative estimate of drug-likeness (QED) is 0.697. The van der Waals surface area contributed by atoms with Crippen LogP contribution in [0.4, 0.5) is 10.5 Å². The van der Waals surface area contributed by atoms with Crippen molar-refractivity contribution in [2.75, 3.05) is 44.2 Å². The van der Waals surface area contributed by atoms with Gasteiger partial charge in [-0.1, -0.05) is 12.1 Å². The molecule has 6 aliphatic rings. The highest BCUT2D eigenvalue weighted by atomic mass is 16.3. The molecule has 0 spiro atoms. The first kappa shape index (κ1) is 23.1. The smallest absolute Gasteiger partial charge is 0.320 e. The molecule has 4 unspecified atom stereocenters. The number of nitrogens with one attached hydrogen (secondary N) is 1. The molecule has 7 rings (SSSR count). The summed E-state index contributed by atoms with van der Waals surface area (Å²) < 4.78 is 0. The lowest BCUT2D eigenvalue weighted by Gasteiger charge is -2.58. The Morgan fingerprint density at radius 1 is 1.00 bits per heavy atom. The number of piperidine rings is 1. The van der Waals surface area contributed by atoms with Gasteiger partial charge in [0, 0.05) is 51.0 Å². The number of benzene rings is 1. The second-order valence-electron chi connectivity index (χ2n) is 12.1. The first-order valence-corrected chi connectivity index (χ1v) is 13.7. The fourth-order valence-corrected chi connectivity index (χ4v) is 8.06. The molecule has 190 valence electrons. The summed E-state index contributed by atoms with van der Waals surface area (Å²) in [5, 5.41) is 13.9. The molecular formula is C28H40N4O3. The molecule has 4 saturated carbocycles. The molecule has 6 fully saturated rings. The molecular weight excluding hydrogens is 440 g/mol. The van der Waals surface area contributed by atoms with Crippen molar-refractivity contribution in [1.29, 1.82) is 0 Å². The Kier molecular flexibility index (Phi) is 5.94. The van der Waals surface area contributed by atoms with Gasteiger partial charge in [0.25, 0.3) is 0 Å². The fourth-order valence-electron chi connectivity index (χ4n) is 8.06. The Bertz CT molecular complexity index is 959. The van der Waals surface area contributed by atoms with E-state index in [1.165, 1.54) is 11.3 Å². The van der Waals surface area contributed by atoms with Crippen molar-refractivity contribution < 1.29 is 14.7 Å². The second-order valence-corrected chi connectivity index (χ2v) is 12.1. The van der Waals surface area contributed by atoms with Gasteiger partial charge in [0.05, 0.1) is 11.5 Å². The monoisotopic (exact) mass is 480 g/mol. The molecule has 6 atom stereocenters. The Morgan fingerprint density at radius 3 is 2.46 bits per heavy atom. The van der Waals surface area contributed by atoms with Crippen LogP contribution in [0.15, 0.2) is 24.3 Å². The van der Waals surface area contributed by atoms with Crippen LogP contribution in [0, 0.1) is 30.1 Å². The van der Waals surface area contributed by atoms with Gasteiger partial charge < -0.3 is 25.1 Å². The van der Waals surface area contributed by atoms with E-state index in [4.69, 9.17) is 0 Å². The number of carbonyl (C=O) groups excluding carboxylic acids is 2. The number of rotatable bonds is 3. The predicted molar refractivity (Wildman–Crippen MR) is 135 cm³/mol. The van der Waals surface area contributed by atoms with E-state index >= 15 is 0 Å². The number of aliphatic hydroxyl groups excluding tert-OH is 1. The van der Waals surface area contributed by atoms with Gasteiger partial charge >= 0.3 is 6.03 Å². The lowest BCUT2D eigenvalue weighted by molar-refractivity contribution is -0.163. The van der Waals surface area contributed by atoms with E-state index in [1.54, 1.807) is 0 Å². The minimum atomic E-state index is -0.284. The summed E-state index contributed by atoms with van der Waals surface area (Å²) >= 11 is 0. The molecule has 2 aliphatic heterocycles. The van der Waals surface area contributed by atoms with Gasteiger partial charge in [0.2, 0.25) is 5.91 Å². The van der Waals surface area contributed by atoms with Crippen LogP contribution in [0.1, 0.15) is 50.5 Å². The third-order valence-corrected chi connectivity index (χ3v) is 9.65. The van der Waals surface area contributed by atoms with Crippen LogP contribution in [0.3, 0.4) is 0 Å². The molecule has 7 heteroatoms. The number of aliphatic hydroxyl groups is 1. The molecule has 1 aromatic rings. The Balaban J connectivity index is 1.04. The summed E-state index contributed by atoms with van der Waals surface area (Å²) in [6.07, 6.45) is 6.51. The second kappa shape index (κ2) is 8.99. The minimum Gasteiger partial charge on any atom is -0.393 e. The first-order valence-electron chi connectivity index (χ1n) is 13.7. The van der Waals surface area contributed by atoms with E-state index in [0.717, 1.165) is 77.7 Å². The average molecular weight is 481 g/mol. The van der Waals surface area contributed by atoms with Crippen molar-refractivity contribution in [3.8, 4) is 0 Å². The summed E-state index contributed by atoms with van der Waals surface area (Å²) in [6, 6.07) is 8.71. The van der Waals surface area contributed by atoms with Crippen molar-refractivity contribution in [3.05, 3.63) is 29.8 Å². The van der Waals surface area contributed by atoms with Gasteiger partial charge in [-0.2, -0.15) is 0 Å². The van der Waals surface area contributed by atoms with Crippen molar-refractivity contribution in [2.24, 2.45) is 23.2 Å². The Labute approximate surface area is 208 Å². The molecule has 2 N–H and O–H groups in total. The summed E-state index contributed by atoms with van der Waals surface area (Å²) in [5.41, 5.74) is 2.20. The van der Waals surface area contributed by atoms with Crippen molar-refractivity contribution in [1.82, 2.24) is 15.1 Å². The Morgan fingerprint density at radius 2 is 1.74 bits per heavy atom. The molecule has 35 heavy (non-hydrogen) atoms. The van der Waals surface area contributed by atoms with Crippen molar-refractivity contribution >= 4 is 17.6 Å². The number of urea groups is 1. The number of carbonyl (C=O) groups is 2. The third-order valence-electron chi connectivity index (χ3n) is 9.65. The van der Waals surface area contributed by atoms with Crippen LogP contribution in [0.2, 0.25) is 0 Å². The maximum atomic E-state index is 13.5. The fraction of sp³-hybridized carbons (Fsp3) is 0.714. The molecule has 0 aromatic heterocycles. The minimum absolute atomic E-state index is 0.0340. The third kappa shape index (κ3) is 4.30. The number of anilines is 1. The topological polar surface area (TPSA) is 76.1 Å². The average Bonchev–Trinajstić information content (AvgIpc) is 2.86. The lowest BCUT2D eigenvalue weighted by atomic mass is 9.48. The van der Waals surface area contributed by atoms with E-state index in [9.17, 15) is 14.7 Å². The van der Waals surface area contributed by atoms with Gasteiger partial charge in [-0.3, -0.25) is 4.79 Å². The summed E-state index contributed by atoms with van der Waals surface area (Å²) in [7, 11) is 0. The molecule has 3 amide bonds. The normalized spacial score (nSPS) is 36.4. The number of piperazine rings is 1. The zero-order valence-corrected chi connectivity index (χ0v) is 21.0. The molecule has 7 nitrogen and oxygen atoms in total. The SMILES string of the molecule is Cc1cccc(N2CCN(C(=O)N3CCC[C@H](NC(=O)C45CC6CC(C4)C(O)[C@H](C6)C5)C3)CC2)c1. The van der Waals surface area contributed by atoms with E-state index in [2.05, 4.69) is 41.4 Å². The van der Waals surface area contributed by atoms with Crippen LogP contribution >= 0.6 is 0 Å². The summed E-state index contributed by atoms with van der Waals surface area (Å²) in [6.45, 7) is 6.65. The standard InChI is InChI=1S/C28H40N4O3/c1-19-4-2-6-24(12-19)30-8-10-31(11-9-30)27(35)32-7-3-5-23(18-32)29-26(34)28-15-20-13-21(16-28)25(33)22(14-20)17-28/h2,4,6,12,20-23,25,33H,3,5,7-11,13-18H2,1H3,(H,29,34)/t20?,21-,22?,23+,25?,28?/m1/s1. The number of likely N-dealkylation sites (tertiary alicyclic amines) is 1. The highest BCUT2D eigenvalue weighted by Crippen LogP contribution is 2.60. The zero-order chi connectivity index (χ0) is 24.2. The number of aryl methyl sites for hydroxylation is 1. The lowest BCUT2D eigenvalue weighted by Crippen LogP contribution is -2.61. The molecule has 4 bridgehead atoms. The molecule has 4 aliphatic carbocycles. The maximum Gasteiger partial charge on any atom is 0.320 e. The molecule has 1 aromatic carbocycles. The highest BCUT2D eigenvalue weighted by Gasteiger charge is 2.58. The highest BCUT2D eigenvalue weighted by molar-refractivity contribution is 5.83.